The molecule has 24 heavy (non-hydrogen) atoms. The Morgan fingerprint density at radius 3 is 1.96 bits per heavy atom. The maximum absolute atomic E-state index is 13.6. The Morgan fingerprint density at radius 2 is 1.46 bits per heavy atom. The van der Waals surface area contributed by atoms with Crippen LogP contribution in [0.3, 0.4) is 0 Å². The molecule has 0 unspecified atom stereocenters. The molecule has 0 atom stereocenters. The van der Waals surface area contributed by atoms with Gasteiger partial charge in [0.25, 0.3) is 5.97 Å². The number of unbranched alkanes of at least 4 members (excludes halogenated alkanes) is 1. The zero-order valence-corrected chi connectivity index (χ0v) is 17.0. The first kappa shape index (κ1) is 21.2. The van der Waals surface area contributed by atoms with Gasteiger partial charge in [-0.25, -0.2) is 13.2 Å². The number of benzene rings is 1. The molecule has 0 aliphatic rings. The molecule has 0 bridgehead atoms. The largest absolute Gasteiger partial charge is 0.380 e. The average Bonchev–Trinajstić information content (AvgIpc) is 2.47. The van der Waals surface area contributed by atoms with Crippen molar-refractivity contribution in [2.45, 2.75) is 71.6 Å². The molecule has 0 fully saturated rings. The minimum absolute atomic E-state index is 0.0682. The Morgan fingerprint density at radius 1 is 0.917 bits per heavy atom. The van der Waals surface area contributed by atoms with Crippen LogP contribution < -0.4 is 0 Å². The predicted octanol–water partition coefficient (Wildman–Crippen LogP) is 3.62. The van der Waals surface area contributed by atoms with Crippen molar-refractivity contribution in [3.63, 3.8) is 0 Å². The van der Waals surface area contributed by atoms with Gasteiger partial charge < -0.3 is 13.9 Å². The summed E-state index contributed by atoms with van der Waals surface area (Å²) < 4.78 is 57.0. The van der Waals surface area contributed by atoms with Crippen molar-refractivity contribution in [3.05, 3.63) is 35.1 Å². The van der Waals surface area contributed by atoms with Crippen LogP contribution in [-0.2, 0) is 20.3 Å². The van der Waals surface area contributed by atoms with Crippen molar-refractivity contribution in [2.24, 2.45) is 0 Å². The van der Waals surface area contributed by atoms with Gasteiger partial charge in [0, 0.05) is 12.5 Å². The number of ether oxygens (including phenoxy) is 2. The smallest absolute Gasteiger partial charge is 0.273 e. The van der Waals surface area contributed by atoms with Crippen LogP contribution in [0.25, 0.3) is 0 Å². The molecule has 0 aliphatic carbocycles. The molecule has 0 aliphatic heterocycles. The van der Waals surface area contributed by atoms with Gasteiger partial charge in [0.15, 0.2) is 22.1 Å². The van der Waals surface area contributed by atoms with Gasteiger partial charge in [0.2, 0.25) is 0 Å². The van der Waals surface area contributed by atoms with Crippen LogP contribution in [0.1, 0.15) is 52.5 Å². The lowest BCUT2D eigenvalue weighted by atomic mass is 10.1. The topological polar surface area (TPSA) is 27.7 Å². The molecule has 0 radical (unpaired) electrons. The molecule has 1 aromatic rings. The summed E-state index contributed by atoms with van der Waals surface area (Å²) in [6, 6.07) is 1.50. The first-order valence-corrected chi connectivity index (χ1v) is 9.05. The van der Waals surface area contributed by atoms with E-state index < -0.39 is 23.4 Å². The fourth-order valence-corrected chi connectivity index (χ4v) is 2.87. The third-order valence-electron chi connectivity index (χ3n) is 3.41. The van der Waals surface area contributed by atoms with Gasteiger partial charge in [0.05, 0.1) is 12.2 Å². The van der Waals surface area contributed by atoms with Gasteiger partial charge >= 0.3 is 0 Å². The zero-order valence-electron chi connectivity index (χ0n) is 15.0. The van der Waals surface area contributed by atoms with Crippen LogP contribution >= 0.6 is 0 Å². The van der Waals surface area contributed by atoms with Crippen molar-refractivity contribution in [2.75, 3.05) is 0 Å². The Hall–Kier alpha value is -0.893. The van der Waals surface area contributed by atoms with E-state index in [1.807, 2.05) is 27.7 Å². The highest BCUT2D eigenvalue weighted by Crippen LogP contribution is 2.26. The third kappa shape index (κ3) is 6.55. The van der Waals surface area contributed by atoms with Crippen LogP contribution in [0.2, 0.25) is 0 Å². The van der Waals surface area contributed by atoms with E-state index >= 15 is 0 Å². The van der Waals surface area contributed by atoms with Crippen LogP contribution in [-0.4, -0.2) is 28.7 Å². The van der Waals surface area contributed by atoms with Crippen LogP contribution in [0.15, 0.2) is 12.1 Å². The second-order valence-corrected chi connectivity index (χ2v) is 6.69. The van der Waals surface area contributed by atoms with Crippen molar-refractivity contribution in [3.8, 4) is 0 Å². The van der Waals surface area contributed by atoms with E-state index in [2.05, 4.69) is 0 Å². The molecule has 0 aromatic heterocycles. The fraction of sp³-hybridized carbons (Fsp3) is 0.647. The summed E-state index contributed by atoms with van der Waals surface area (Å²) in [5.74, 6) is -4.03. The first-order valence-electron chi connectivity index (χ1n) is 8.23. The summed E-state index contributed by atoms with van der Waals surface area (Å²) >= 11 is 0. The predicted molar refractivity (Wildman–Crippen MR) is 90.1 cm³/mol. The summed E-state index contributed by atoms with van der Waals surface area (Å²) in [6.45, 7) is 7.59. The Balaban J connectivity index is 2.63. The molecule has 0 saturated heterocycles. The summed E-state index contributed by atoms with van der Waals surface area (Å²) in [7, 11) is 0.446. The maximum atomic E-state index is 13.6. The lowest BCUT2D eigenvalue weighted by Crippen LogP contribution is -2.42. The minimum Gasteiger partial charge on any atom is -0.380 e. The van der Waals surface area contributed by atoms with E-state index in [0.29, 0.717) is 42.2 Å². The van der Waals surface area contributed by atoms with Gasteiger partial charge in [-0.2, -0.15) is 0 Å². The van der Waals surface area contributed by atoms with Crippen molar-refractivity contribution in [1.82, 2.24) is 0 Å². The monoisotopic (exact) mass is 364 g/mol. The quantitative estimate of drug-likeness (QED) is 0.275. The highest BCUT2D eigenvalue weighted by Gasteiger charge is 2.33. The van der Waals surface area contributed by atoms with Crippen molar-refractivity contribution >= 4 is 10.5 Å². The minimum atomic E-state index is -1.17. The average molecular weight is 364 g/mol. The van der Waals surface area contributed by atoms with E-state index in [9.17, 15) is 13.2 Å². The summed E-state index contributed by atoms with van der Waals surface area (Å²) in [6.07, 6.45) is 1.88. The molecule has 1 aromatic carbocycles. The van der Waals surface area contributed by atoms with Crippen LogP contribution in [0, 0.1) is 17.5 Å². The second-order valence-electron chi connectivity index (χ2n) is 6.29. The Bertz CT molecular complexity index is 514. The molecule has 1 rings (SSSR count). The molecular formula is C17H27F3O3Si. The van der Waals surface area contributed by atoms with Crippen molar-refractivity contribution < 1.29 is 27.1 Å². The SMILES string of the molecule is CC(C)OC(CCCCc1cc(F)c(F)cc1F)(O[SiH3])OC(C)C. The molecule has 0 N–H and O–H groups in total. The summed E-state index contributed by atoms with van der Waals surface area (Å²) in [5, 5.41) is 0. The van der Waals surface area contributed by atoms with E-state index in [-0.39, 0.29) is 17.8 Å². The van der Waals surface area contributed by atoms with Gasteiger partial charge in [-0.1, -0.05) is 0 Å². The number of hydrogen-bond donors (Lipinski definition) is 0. The number of halogens is 3. The Labute approximate surface area is 145 Å². The standard InChI is InChI=1S/C17H27F3O3Si/c1-11(2)21-17(23-24,22-12(3)4)8-6-5-7-13-9-15(19)16(20)10-14(13)18/h9-12H,5-8H2,1-4,24H3. The fourth-order valence-electron chi connectivity index (χ4n) is 2.47. The second kappa shape index (κ2) is 9.55. The van der Waals surface area contributed by atoms with E-state index in [4.69, 9.17) is 13.9 Å². The highest BCUT2D eigenvalue weighted by molar-refractivity contribution is 5.98. The van der Waals surface area contributed by atoms with E-state index in [0.717, 1.165) is 6.07 Å². The van der Waals surface area contributed by atoms with Gasteiger partial charge in [0.1, 0.15) is 5.82 Å². The number of aryl methyl sites for hydroxylation is 1. The van der Waals surface area contributed by atoms with Crippen LogP contribution in [0.5, 0.6) is 0 Å². The lowest BCUT2D eigenvalue weighted by Gasteiger charge is -2.36. The van der Waals surface area contributed by atoms with Crippen LogP contribution in [0.4, 0.5) is 13.2 Å². The maximum Gasteiger partial charge on any atom is 0.273 e. The van der Waals surface area contributed by atoms with Gasteiger partial charge in [-0.15, -0.1) is 0 Å². The Kier molecular flexibility index (Phi) is 8.42. The summed E-state index contributed by atoms with van der Waals surface area (Å²) in [4.78, 5) is 0. The summed E-state index contributed by atoms with van der Waals surface area (Å²) in [5.41, 5.74) is 0.167. The molecular weight excluding hydrogens is 337 g/mol. The van der Waals surface area contributed by atoms with Gasteiger partial charge in [-0.3, -0.25) is 0 Å². The van der Waals surface area contributed by atoms with E-state index in [1.54, 1.807) is 0 Å². The number of hydrogen-bond acceptors (Lipinski definition) is 3. The lowest BCUT2D eigenvalue weighted by molar-refractivity contribution is -0.369. The molecule has 0 saturated carbocycles. The molecule has 3 nitrogen and oxygen atoms in total. The zero-order chi connectivity index (χ0) is 18.3. The molecule has 0 heterocycles. The first-order chi connectivity index (χ1) is 11.2. The highest BCUT2D eigenvalue weighted by atomic mass is 28.2. The van der Waals surface area contributed by atoms with Crippen molar-refractivity contribution in [1.29, 1.82) is 0 Å². The normalized spacial score (nSPS) is 12.5. The third-order valence-corrected chi connectivity index (χ3v) is 4.03. The van der Waals surface area contributed by atoms with E-state index in [1.165, 1.54) is 0 Å². The number of rotatable bonds is 10. The molecule has 138 valence electrons. The molecule has 0 amide bonds. The molecule has 7 heteroatoms. The molecule has 0 spiro atoms. The van der Waals surface area contributed by atoms with Gasteiger partial charge in [-0.05, 0) is 58.6 Å².